The summed E-state index contributed by atoms with van der Waals surface area (Å²) in [5.74, 6) is 1.32. The topological polar surface area (TPSA) is 106 Å². The van der Waals surface area contributed by atoms with Crippen molar-refractivity contribution in [1.29, 1.82) is 0 Å². The fourth-order valence-electron chi connectivity index (χ4n) is 3.59. The van der Waals surface area contributed by atoms with E-state index in [0.29, 0.717) is 6.04 Å². The molecule has 11 heteroatoms. The van der Waals surface area contributed by atoms with Crippen LogP contribution in [0.3, 0.4) is 0 Å². The monoisotopic (exact) mass is 464 g/mol. The Morgan fingerprint density at radius 1 is 1.29 bits per heavy atom. The van der Waals surface area contributed by atoms with Gasteiger partial charge < -0.3 is 10.2 Å². The second-order valence-corrected chi connectivity index (χ2v) is 9.94. The molecule has 1 aliphatic heterocycles. The number of aromatic nitrogens is 3. The van der Waals surface area contributed by atoms with Gasteiger partial charge in [-0.1, -0.05) is 30.3 Å². The van der Waals surface area contributed by atoms with Crippen LogP contribution in [0.1, 0.15) is 45.6 Å². The molecule has 2 aliphatic rings. The van der Waals surface area contributed by atoms with Gasteiger partial charge in [0.25, 0.3) is 5.69 Å². The molecular weight excluding hydrogens is 440 g/mol. The van der Waals surface area contributed by atoms with E-state index in [1.807, 2.05) is 0 Å². The number of nitro groups is 1. The van der Waals surface area contributed by atoms with E-state index >= 15 is 0 Å². The van der Waals surface area contributed by atoms with E-state index in [-0.39, 0.29) is 22.3 Å². The molecule has 1 unspecified atom stereocenters. The van der Waals surface area contributed by atoms with Crippen LogP contribution >= 0.6 is 23.4 Å². The maximum Gasteiger partial charge on any atom is 0.271 e. The molecule has 2 aromatic rings. The molecule has 0 bridgehead atoms. The summed E-state index contributed by atoms with van der Waals surface area (Å²) < 4.78 is 2.17. The van der Waals surface area contributed by atoms with E-state index < -0.39 is 10.2 Å². The van der Waals surface area contributed by atoms with E-state index in [4.69, 9.17) is 11.6 Å². The number of non-ortho nitro benzene ring substituents is 1. The standard InChI is InChI=1S/C20H25ClN6O3S/c1-12-7-9-25(10-8-12)19-23-24-20(26(19)14-3-4-14)31-13(2)18(28)22-17-11-15(27(29)30)5-6-16(17)21/h5-6,11-14H,3-4,7-10H2,1-2H3,(H,22,28). The minimum absolute atomic E-state index is 0.131. The SMILES string of the molecule is CC1CCN(c2nnc(SC(C)C(=O)Nc3cc([N+](=O)[O-])ccc3Cl)n2C2CC2)CC1. The average Bonchev–Trinajstić information content (AvgIpc) is 3.50. The lowest BCUT2D eigenvalue weighted by Crippen LogP contribution is -2.34. The van der Waals surface area contributed by atoms with Crippen molar-refractivity contribution in [1.82, 2.24) is 14.8 Å². The smallest absolute Gasteiger partial charge is 0.271 e. The molecule has 31 heavy (non-hydrogen) atoms. The van der Waals surface area contributed by atoms with Gasteiger partial charge in [0.05, 0.1) is 20.9 Å². The molecule has 1 aliphatic carbocycles. The van der Waals surface area contributed by atoms with Gasteiger partial charge in [0.2, 0.25) is 11.9 Å². The molecule has 1 aromatic carbocycles. The summed E-state index contributed by atoms with van der Waals surface area (Å²) in [5, 5.41) is 23.1. The normalized spacial score (nSPS) is 18.1. The van der Waals surface area contributed by atoms with Crippen LogP contribution in [0.2, 0.25) is 5.02 Å². The first-order valence-corrected chi connectivity index (χ1v) is 11.7. The van der Waals surface area contributed by atoms with Crippen LogP contribution in [0, 0.1) is 16.0 Å². The molecule has 9 nitrogen and oxygen atoms in total. The molecule has 1 aromatic heterocycles. The number of anilines is 2. The number of nitrogens with one attached hydrogen (secondary N) is 1. The zero-order valence-electron chi connectivity index (χ0n) is 17.5. The van der Waals surface area contributed by atoms with Crippen LogP contribution in [0.15, 0.2) is 23.4 Å². The highest BCUT2D eigenvalue weighted by Crippen LogP contribution is 2.42. The first-order chi connectivity index (χ1) is 14.8. The number of nitro benzene ring substituents is 1. The van der Waals surface area contributed by atoms with E-state index in [1.54, 1.807) is 6.92 Å². The maximum atomic E-state index is 12.8. The Hall–Kier alpha value is -2.33. The summed E-state index contributed by atoms with van der Waals surface area (Å²) in [5.41, 5.74) is 0.0917. The molecule has 1 saturated heterocycles. The molecule has 166 valence electrons. The molecule has 4 rings (SSSR count). The number of hydrogen-bond acceptors (Lipinski definition) is 7. The summed E-state index contributed by atoms with van der Waals surface area (Å²) in [7, 11) is 0. The van der Waals surface area contributed by atoms with E-state index in [9.17, 15) is 14.9 Å². The number of halogens is 1. The van der Waals surface area contributed by atoms with Crippen LogP contribution in [-0.4, -0.2) is 43.9 Å². The molecular formula is C20H25ClN6O3S. The summed E-state index contributed by atoms with van der Waals surface area (Å²) in [4.78, 5) is 25.5. The maximum absolute atomic E-state index is 12.8. The van der Waals surface area contributed by atoms with E-state index in [1.165, 1.54) is 30.0 Å². The van der Waals surface area contributed by atoms with Gasteiger partial charge in [0.15, 0.2) is 5.16 Å². The number of piperidine rings is 1. The Bertz CT molecular complexity index is 987. The van der Waals surface area contributed by atoms with Gasteiger partial charge in [-0.3, -0.25) is 19.5 Å². The third kappa shape index (κ3) is 4.95. The van der Waals surface area contributed by atoms with Crippen LogP contribution in [0.25, 0.3) is 0 Å². The van der Waals surface area contributed by atoms with Crippen molar-refractivity contribution in [2.75, 3.05) is 23.3 Å². The van der Waals surface area contributed by atoms with Gasteiger partial charge in [0.1, 0.15) is 0 Å². The van der Waals surface area contributed by atoms with Crippen molar-refractivity contribution >= 4 is 46.6 Å². The predicted molar refractivity (Wildman–Crippen MR) is 121 cm³/mol. The highest BCUT2D eigenvalue weighted by Gasteiger charge is 2.33. The van der Waals surface area contributed by atoms with E-state index in [2.05, 4.69) is 31.9 Å². The summed E-state index contributed by atoms with van der Waals surface area (Å²) >= 11 is 7.45. The fraction of sp³-hybridized carbons (Fsp3) is 0.550. The molecule has 2 heterocycles. The lowest BCUT2D eigenvalue weighted by Gasteiger charge is -2.31. The first kappa shape index (κ1) is 21.9. The number of thioether (sulfide) groups is 1. The molecule has 2 fully saturated rings. The number of carbonyl (C=O) groups is 1. The molecule has 1 N–H and O–H groups in total. The van der Waals surface area contributed by atoms with Crippen molar-refractivity contribution in [2.45, 2.75) is 56.0 Å². The Labute approximate surface area is 189 Å². The van der Waals surface area contributed by atoms with Crippen LogP contribution in [0.4, 0.5) is 17.3 Å². The largest absolute Gasteiger partial charge is 0.341 e. The second-order valence-electron chi connectivity index (χ2n) is 8.22. The van der Waals surface area contributed by atoms with E-state index in [0.717, 1.165) is 55.8 Å². The number of benzene rings is 1. The second kappa shape index (κ2) is 9.04. The van der Waals surface area contributed by atoms with Crippen LogP contribution < -0.4 is 10.2 Å². The highest BCUT2D eigenvalue weighted by atomic mass is 35.5. The molecule has 0 spiro atoms. The van der Waals surface area contributed by atoms with Crippen molar-refractivity contribution in [3.05, 3.63) is 33.3 Å². The Balaban J connectivity index is 1.47. The lowest BCUT2D eigenvalue weighted by molar-refractivity contribution is -0.384. The number of hydrogen-bond donors (Lipinski definition) is 1. The minimum atomic E-state index is -0.523. The van der Waals surface area contributed by atoms with Crippen molar-refractivity contribution in [3.63, 3.8) is 0 Å². The van der Waals surface area contributed by atoms with Crippen LogP contribution in [-0.2, 0) is 4.79 Å². The summed E-state index contributed by atoms with van der Waals surface area (Å²) in [6.07, 6.45) is 4.46. The van der Waals surface area contributed by atoms with Crippen molar-refractivity contribution in [2.24, 2.45) is 5.92 Å². The number of nitrogens with zero attached hydrogens (tertiary/aromatic N) is 5. The Kier molecular flexibility index (Phi) is 6.38. The average molecular weight is 465 g/mol. The number of amides is 1. The molecule has 0 radical (unpaired) electrons. The van der Waals surface area contributed by atoms with Crippen molar-refractivity contribution < 1.29 is 9.72 Å². The van der Waals surface area contributed by atoms with Crippen LogP contribution in [0.5, 0.6) is 0 Å². The predicted octanol–water partition coefficient (Wildman–Crippen LogP) is 4.53. The quantitative estimate of drug-likeness (QED) is 0.364. The zero-order valence-corrected chi connectivity index (χ0v) is 19.0. The number of carbonyl (C=O) groups excluding carboxylic acids is 1. The third-order valence-corrected chi connectivity index (χ3v) is 7.08. The van der Waals surface area contributed by atoms with Gasteiger partial charge in [-0.2, -0.15) is 0 Å². The van der Waals surface area contributed by atoms with Gasteiger partial charge in [-0.15, -0.1) is 10.2 Å². The summed E-state index contributed by atoms with van der Waals surface area (Å²) in [6.45, 7) is 5.99. The molecule has 1 amide bonds. The highest BCUT2D eigenvalue weighted by molar-refractivity contribution is 8.00. The zero-order chi connectivity index (χ0) is 22.1. The van der Waals surface area contributed by atoms with Gasteiger partial charge in [0, 0.05) is 31.3 Å². The Morgan fingerprint density at radius 3 is 2.65 bits per heavy atom. The Morgan fingerprint density at radius 2 is 2.00 bits per heavy atom. The lowest BCUT2D eigenvalue weighted by atomic mass is 10.00. The third-order valence-electron chi connectivity index (χ3n) is 5.70. The van der Waals surface area contributed by atoms with Gasteiger partial charge >= 0.3 is 0 Å². The molecule has 1 saturated carbocycles. The molecule has 1 atom stereocenters. The van der Waals surface area contributed by atoms with Crippen molar-refractivity contribution in [3.8, 4) is 0 Å². The fourth-order valence-corrected chi connectivity index (χ4v) is 4.67. The van der Waals surface area contributed by atoms with Gasteiger partial charge in [-0.25, -0.2) is 0 Å². The summed E-state index contributed by atoms with van der Waals surface area (Å²) in [6, 6.07) is 4.35. The number of rotatable bonds is 7. The first-order valence-electron chi connectivity index (χ1n) is 10.4. The minimum Gasteiger partial charge on any atom is -0.341 e. The van der Waals surface area contributed by atoms with Gasteiger partial charge in [-0.05, 0) is 44.6 Å².